The van der Waals surface area contributed by atoms with Crippen molar-refractivity contribution in [1.82, 2.24) is 9.55 Å². The van der Waals surface area contributed by atoms with Gasteiger partial charge in [-0.2, -0.15) is 0 Å². The van der Waals surface area contributed by atoms with Gasteiger partial charge in [0.1, 0.15) is 11.6 Å². The van der Waals surface area contributed by atoms with Gasteiger partial charge in [-0.15, -0.1) is 0 Å². The fourth-order valence-electron chi connectivity index (χ4n) is 2.15. The quantitative estimate of drug-likeness (QED) is 0.553. The monoisotopic (exact) mass is 430 g/mol. The molecule has 3 rings (SSSR count). The molecule has 1 N–H and O–H groups in total. The van der Waals surface area contributed by atoms with Crippen LogP contribution >= 0.6 is 44.1 Å². The van der Waals surface area contributed by atoms with Crippen LogP contribution in [0.5, 0.6) is 5.75 Å². The third kappa shape index (κ3) is 2.54. The predicted molar refractivity (Wildman–Crippen MR) is 90.4 cm³/mol. The topological polar surface area (TPSA) is 29.9 Å². The van der Waals surface area contributed by atoms with E-state index in [-0.39, 0.29) is 5.82 Å². The molecule has 108 valence electrons. The number of nitrogens with one attached hydrogen (secondary N) is 1. The predicted octanol–water partition coefficient (Wildman–Crippen LogP) is 5.36. The molecule has 7 heteroatoms. The Kier molecular flexibility index (Phi) is 3.90. The van der Waals surface area contributed by atoms with Gasteiger partial charge in [0.2, 0.25) is 0 Å². The van der Waals surface area contributed by atoms with Gasteiger partial charge in [0.25, 0.3) is 0 Å². The lowest BCUT2D eigenvalue weighted by Gasteiger charge is -2.09. The van der Waals surface area contributed by atoms with E-state index in [0.29, 0.717) is 20.5 Å². The minimum Gasteiger partial charge on any atom is -0.495 e. The van der Waals surface area contributed by atoms with E-state index < -0.39 is 0 Å². The van der Waals surface area contributed by atoms with E-state index in [1.165, 1.54) is 6.07 Å². The Balaban J connectivity index is 2.32. The van der Waals surface area contributed by atoms with E-state index in [1.54, 1.807) is 17.7 Å². The summed E-state index contributed by atoms with van der Waals surface area (Å²) < 4.78 is 22.6. The van der Waals surface area contributed by atoms with Crippen molar-refractivity contribution in [2.45, 2.75) is 0 Å². The minimum atomic E-state index is -0.339. The summed E-state index contributed by atoms with van der Waals surface area (Å²) in [7, 11) is 1.59. The second-order valence-corrected chi connectivity index (χ2v) is 6.46. The number of imidazole rings is 1. The van der Waals surface area contributed by atoms with Gasteiger partial charge in [-0.25, -0.2) is 4.39 Å². The lowest BCUT2D eigenvalue weighted by molar-refractivity contribution is 0.412. The Morgan fingerprint density at radius 3 is 2.67 bits per heavy atom. The average Bonchev–Trinajstić information content (AvgIpc) is 2.75. The van der Waals surface area contributed by atoms with Gasteiger partial charge in [-0.3, -0.25) is 4.57 Å². The summed E-state index contributed by atoms with van der Waals surface area (Å²) in [6.45, 7) is 0. The largest absolute Gasteiger partial charge is 0.495 e. The maximum absolute atomic E-state index is 13.8. The number of hydrogen-bond acceptors (Lipinski definition) is 2. The van der Waals surface area contributed by atoms with E-state index in [2.05, 4.69) is 36.8 Å². The maximum Gasteiger partial charge on any atom is 0.182 e. The number of halogens is 3. The van der Waals surface area contributed by atoms with Crippen LogP contribution in [0.15, 0.2) is 39.3 Å². The van der Waals surface area contributed by atoms with Crippen molar-refractivity contribution in [1.29, 1.82) is 0 Å². The molecule has 0 amide bonds. The molecule has 1 heterocycles. The maximum atomic E-state index is 13.8. The highest BCUT2D eigenvalue weighted by molar-refractivity contribution is 9.10. The highest BCUT2D eigenvalue weighted by Gasteiger charge is 2.12. The third-order valence-corrected chi connectivity index (χ3v) is 4.66. The molecule has 2 aromatic carbocycles. The highest BCUT2D eigenvalue weighted by Crippen LogP contribution is 2.30. The van der Waals surface area contributed by atoms with Crippen LogP contribution in [0.1, 0.15) is 0 Å². The molecule has 0 aliphatic rings. The molecule has 0 fully saturated rings. The van der Waals surface area contributed by atoms with E-state index in [0.717, 1.165) is 15.7 Å². The molecule has 0 unspecified atom stereocenters. The minimum absolute atomic E-state index is 0.339. The Morgan fingerprint density at radius 1 is 1.19 bits per heavy atom. The first-order chi connectivity index (χ1) is 10.0. The summed E-state index contributed by atoms with van der Waals surface area (Å²) in [5.41, 5.74) is 2.23. The van der Waals surface area contributed by atoms with Crippen LogP contribution in [0.25, 0.3) is 16.7 Å². The highest BCUT2D eigenvalue weighted by atomic mass is 79.9. The Bertz CT molecular complexity index is 904. The van der Waals surface area contributed by atoms with E-state index in [1.807, 2.05) is 18.2 Å². The molecule has 0 aliphatic heterocycles. The van der Waals surface area contributed by atoms with Crippen LogP contribution in [0.4, 0.5) is 4.39 Å². The molecular formula is C14H9Br2FN2OS. The second-order valence-electron chi connectivity index (χ2n) is 4.37. The molecule has 0 spiro atoms. The zero-order valence-corrected chi connectivity index (χ0v) is 14.8. The first-order valence-corrected chi connectivity index (χ1v) is 7.94. The molecule has 3 nitrogen and oxygen atoms in total. The number of fused-ring (bicyclic) bond motifs is 1. The summed E-state index contributed by atoms with van der Waals surface area (Å²) in [4.78, 5) is 3.07. The molecular weight excluding hydrogens is 423 g/mol. The zero-order valence-electron chi connectivity index (χ0n) is 10.8. The number of rotatable bonds is 2. The summed E-state index contributed by atoms with van der Waals surface area (Å²) >= 11 is 11.9. The van der Waals surface area contributed by atoms with Crippen molar-refractivity contribution in [3.63, 3.8) is 0 Å². The van der Waals surface area contributed by atoms with Gasteiger partial charge in [0.15, 0.2) is 4.77 Å². The van der Waals surface area contributed by atoms with Crippen molar-refractivity contribution >= 4 is 55.1 Å². The third-order valence-electron chi connectivity index (χ3n) is 3.12. The first-order valence-electron chi connectivity index (χ1n) is 5.95. The molecule has 0 radical (unpaired) electrons. The number of hydrogen-bond donors (Lipinski definition) is 1. The molecule has 0 atom stereocenters. The number of ether oxygens (including phenoxy) is 1. The Labute approximate surface area is 142 Å². The van der Waals surface area contributed by atoms with Crippen molar-refractivity contribution in [3.8, 4) is 11.4 Å². The van der Waals surface area contributed by atoms with Gasteiger partial charge in [-0.05, 0) is 62.3 Å². The van der Waals surface area contributed by atoms with Crippen molar-refractivity contribution in [2.75, 3.05) is 7.11 Å². The fourth-order valence-corrected chi connectivity index (χ4v) is 3.21. The molecule has 0 saturated heterocycles. The lowest BCUT2D eigenvalue weighted by Crippen LogP contribution is -1.96. The molecule has 1 aromatic heterocycles. The molecule has 0 saturated carbocycles. The zero-order chi connectivity index (χ0) is 15.1. The van der Waals surface area contributed by atoms with Gasteiger partial charge >= 0.3 is 0 Å². The van der Waals surface area contributed by atoms with Crippen LogP contribution in [-0.2, 0) is 0 Å². The molecule has 0 bridgehead atoms. The van der Waals surface area contributed by atoms with Crippen LogP contribution < -0.4 is 4.74 Å². The number of benzene rings is 2. The van der Waals surface area contributed by atoms with Crippen LogP contribution in [0, 0.1) is 10.6 Å². The molecule has 21 heavy (non-hydrogen) atoms. The lowest BCUT2D eigenvalue weighted by atomic mass is 10.2. The van der Waals surface area contributed by atoms with E-state index in [4.69, 9.17) is 17.0 Å². The summed E-state index contributed by atoms with van der Waals surface area (Å²) in [5, 5.41) is 0. The number of aromatic nitrogens is 2. The first kappa shape index (κ1) is 14.7. The van der Waals surface area contributed by atoms with Crippen LogP contribution in [0.2, 0.25) is 0 Å². The van der Waals surface area contributed by atoms with Gasteiger partial charge in [-0.1, -0.05) is 0 Å². The average molecular weight is 432 g/mol. The number of nitrogens with zero attached hydrogens (tertiary/aromatic N) is 1. The Morgan fingerprint density at radius 2 is 1.95 bits per heavy atom. The summed E-state index contributed by atoms with van der Waals surface area (Å²) in [6.07, 6.45) is 0. The normalized spacial score (nSPS) is 11.0. The van der Waals surface area contributed by atoms with Crippen LogP contribution in [-0.4, -0.2) is 16.7 Å². The van der Waals surface area contributed by atoms with Crippen molar-refractivity contribution in [2.24, 2.45) is 0 Å². The van der Waals surface area contributed by atoms with Crippen molar-refractivity contribution in [3.05, 3.63) is 49.9 Å². The smallest absolute Gasteiger partial charge is 0.182 e. The fraction of sp³-hybridized carbons (Fsp3) is 0.0714. The molecule has 0 aliphatic carbocycles. The van der Waals surface area contributed by atoms with Crippen LogP contribution in [0.3, 0.4) is 0 Å². The van der Waals surface area contributed by atoms with Gasteiger partial charge < -0.3 is 9.72 Å². The van der Waals surface area contributed by atoms with Gasteiger partial charge in [0, 0.05) is 12.1 Å². The summed E-state index contributed by atoms with van der Waals surface area (Å²) in [5.74, 6) is 0.343. The number of aromatic amines is 1. The Hall–Kier alpha value is -1.18. The summed E-state index contributed by atoms with van der Waals surface area (Å²) in [6, 6.07) is 8.71. The van der Waals surface area contributed by atoms with Crippen molar-refractivity contribution < 1.29 is 9.13 Å². The number of H-pyrrole nitrogens is 1. The SMILES string of the molecule is COc1cc(-n2c(=S)[nH]c3cc(Br)c(F)cc32)ccc1Br. The second kappa shape index (κ2) is 5.55. The van der Waals surface area contributed by atoms with Gasteiger partial charge in [0.05, 0.1) is 32.8 Å². The standard InChI is InChI=1S/C14H9Br2FN2OS/c1-20-13-4-7(2-3-8(13)15)19-12-6-10(17)9(16)5-11(12)18-14(19)21/h2-6H,1H3,(H,18,21). The van der Waals surface area contributed by atoms with E-state index >= 15 is 0 Å². The molecule has 3 aromatic rings. The number of methoxy groups -OCH3 is 1. The van der Waals surface area contributed by atoms with E-state index in [9.17, 15) is 4.39 Å².